The molecule has 9 heteroatoms. The molecule has 7 atom stereocenters. The van der Waals surface area contributed by atoms with Crippen molar-refractivity contribution in [2.45, 2.75) is 339 Å². The number of aliphatic hydroxyl groups is 5. The van der Waals surface area contributed by atoms with Crippen LogP contribution in [0, 0.1) is 0 Å². The summed E-state index contributed by atoms with van der Waals surface area (Å²) in [5.74, 6) is -0.182. The summed E-state index contributed by atoms with van der Waals surface area (Å²) in [6.45, 7) is 3.80. The van der Waals surface area contributed by atoms with Crippen molar-refractivity contribution in [3.05, 3.63) is 24.3 Å². The molecule has 0 aromatic carbocycles. The number of unbranched alkanes of at least 4 members (excludes halogenated alkanes) is 40. The van der Waals surface area contributed by atoms with E-state index in [1.807, 2.05) is 6.08 Å². The van der Waals surface area contributed by atoms with E-state index in [2.05, 4.69) is 31.3 Å². The predicted octanol–water partition coefficient (Wildman–Crippen LogP) is 15.0. The third-order valence-corrected chi connectivity index (χ3v) is 14.5. The van der Waals surface area contributed by atoms with Crippen LogP contribution in [-0.4, -0.2) is 87.5 Å². The van der Waals surface area contributed by atoms with Gasteiger partial charge in [-0.1, -0.05) is 282 Å². The molecule has 408 valence electrons. The van der Waals surface area contributed by atoms with E-state index in [9.17, 15) is 30.3 Å². The number of hydrogen-bond acceptors (Lipinski definition) is 8. The van der Waals surface area contributed by atoms with Gasteiger partial charge >= 0.3 is 0 Å². The Hall–Kier alpha value is -1.33. The quantitative estimate of drug-likeness (QED) is 0.0261. The fraction of sp³-hybridized carbons (Fsp3) is 0.917. The molecule has 6 N–H and O–H groups in total. The van der Waals surface area contributed by atoms with Gasteiger partial charge in [0.1, 0.15) is 24.4 Å². The molecule has 1 heterocycles. The number of amides is 1. The number of rotatable bonds is 52. The van der Waals surface area contributed by atoms with Crippen LogP contribution in [0.1, 0.15) is 296 Å². The van der Waals surface area contributed by atoms with Crippen LogP contribution < -0.4 is 5.32 Å². The number of carbonyl (C=O) groups is 1. The molecule has 0 radical (unpaired) electrons. The number of allylic oxidation sites excluding steroid dienone is 3. The SMILES string of the molecule is CCCCCCCCCCCCCCCCCCCCCCCCCCC/C=C/CC/C=C/C(O)C(COC1OC(CO)C(O)C(O)C1O)NC(=O)CCCCCCCCCCCCCCCCC. The highest BCUT2D eigenvalue weighted by Crippen LogP contribution is 2.23. The van der Waals surface area contributed by atoms with Crippen molar-refractivity contribution in [2.75, 3.05) is 13.2 Å². The summed E-state index contributed by atoms with van der Waals surface area (Å²) in [4.78, 5) is 13.0. The minimum Gasteiger partial charge on any atom is -0.394 e. The molecule has 69 heavy (non-hydrogen) atoms. The van der Waals surface area contributed by atoms with E-state index in [4.69, 9.17) is 9.47 Å². The number of carbonyl (C=O) groups excluding carboxylic acids is 1. The highest BCUT2D eigenvalue weighted by Gasteiger charge is 2.44. The maximum Gasteiger partial charge on any atom is 0.220 e. The van der Waals surface area contributed by atoms with Crippen LogP contribution in [0.25, 0.3) is 0 Å². The van der Waals surface area contributed by atoms with Crippen LogP contribution in [0.3, 0.4) is 0 Å². The monoisotopic (exact) mass is 978 g/mol. The van der Waals surface area contributed by atoms with Gasteiger partial charge in [-0.2, -0.15) is 0 Å². The molecule has 0 spiro atoms. The summed E-state index contributed by atoms with van der Waals surface area (Å²) in [6, 6.07) is -0.818. The second-order valence-corrected chi connectivity index (χ2v) is 21.1. The highest BCUT2D eigenvalue weighted by molar-refractivity contribution is 5.76. The number of aliphatic hydroxyl groups excluding tert-OH is 5. The maximum absolute atomic E-state index is 13.0. The molecule has 7 unspecified atom stereocenters. The van der Waals surface area contributed by atoms with E-state index < -0.39 is 49.5 Å². The fourth-order valence-electron chi connectivity index (χ4n) is 9.76. The Labute approximate surface area is 426 Å². The molecular weight excluding hydrogens is 863 g/mol. The molecule has 0 saturated carbocycles. The van der Waals surface area contributed by atoms with Gasteiger partial charge in [0.25, 0.3) is 0 Å². The van der Waals surface area contributed by atoms with E-state index >= 15 is 0 Å². The smallest absolute Gasteiger partial charge is 0.220 e. The van der Waals surface area contributed by atoms with Gasteiger partial charge in [-0.3, -0.25) is 4.79 Å². The van der Waals surface area contributed by atoms with Gasteiger partial charge in [0, 0.05) is 6.42 Å². The van der Waals surface area contributed by atoms with Gasteiger partial charge < -0.3 is 40.3 Å². The van der Waals surface area contributed by atoms with Crippen LogP contribution >= 0.6 is 0 Å². The highest BCUT2D eigenvalue weighted by atomic mass is 16.7. The predicted molar refractivity (Wildman–Crippen MR) is 290 cm³/mol. The molecular formula is C60H115NO8. The first-order valence-corrected chi connectivity index (χ1v) is 30.1. The van der Waals surface area contributed by atoms with Crippen molar-refractivity contribution in [1.29, 1.82) is 0 Å². The zero-order chi connectivity index (χ0) is 50.1. The second-order valence-electron chi connectivity index (χ2n) is 21.1. The third kappa shape index (κ3) is 39.8. The van der Waals surface area contributed by atoms with E-state index in [0.717, 1.165) is 38.5 Å². The standard InChI is InChI=1S/C60H115NO8/c1-3-5-7-9-11-13-15-17-19-20-21-22-23-24-25-26-27-28-29-30-31-32-33-34-36-37-39-41-43-45-47-49-54(63)53(52-68-60-59(67)58(66)57(65)55(51-62)69-60)61-56(64)50-48-46-44-42-40-38-35-18-16-14-12-10-8-6-4-2/h39,41,47,49,53-55,57-60,62-63,65-67H,3-38,40,42-46,48,50-52H2,1-2H3,(H,61,64)/b41-39+,49-47+. The molecule has 0 aliphatic carbocycles. The molecule has 1 saturated heterocycles. The molecule has 0 aromatic heterocycles. The minimum atomic E-state index is -1.57. The first kappa shape index (κ1) is 65.7. The van der Waals surface area contributed by atoms with Crippen LogP contribution in [0.15, 0.2) is 24.3 Å². The molecule has 1 fully saturated rings. The van der Waals surface area contributed by atoms with Crippen molar-refractivity contribution in [3.63, 3.8) is 0 Å². The lowest BCUT2D eigenvalue weighted by molar-refractivity contribution is -0.302. The van der Waals surface area contributed by atoms with Gasteiger partial charge in [0.05, 0.1) is 25.4 Å². The van der Waals surface area contributed by atoms with E-state index in [1.165, 1.54) is 238 Å². The maximum atomic E-state index is 13.0. The van der Waals surface area contributed by atoms with E-state index in [0.29, 0.717) is 6.42 Å². The van der Waals surface area contributed by atoms with Gasteiger partial charge in [0.2, 0.25) is 5.91 Å². The van der Waals surface area contributed by atoms with Gasteiger partial charge in [-0.15, -0.1) is 0 Å². The van der Waals surface area contributed by atoms with Crippen molar-refractivity contribution >= 4 is 5.91 Å². The first-order chi connectivity index (χ1) is 33.8. The Morgan fingerprint density at radius 2 is 0.826 bits per heavy atom. The zero-order valence-corrected chi connectivity index (χ0v) is 45.3. The number of ether oxygens (including phenoxy) is 2. The molecule has 1 amide bonds. The van der Waals surface area contributed by atoms with Gasteiger partial charge in [0.15, 0.2) is 6.29 Å². The lowest BCUT2D eigenvalue weighted by Crippen LogP contribution is -2.60. The Morgan fingerprint density at radius 3 is 1.22 bits per heavy atom. The van der Waals surface area contributed by atoms with Crippen LogP contribution in [0.2, 0.25) is 0 Å². The molecule has 9 nitrogen and oxygen atoms in total. The van der Waals surface area contributed by atoms with Gasteiger partial charge in [-0.05, 0) is 32.1 Å². The Bertz CT molecular complexity index is 1130. The molecule has 0 aromatic rings. The number of hydrogen-bond donors (Lipinski definition) is 6. The summed E-state index contributed by atoms with van der Waals surface area (Å²) in [6.07, 6.45) is 57.0. The first-order valence-electron chi connectivity index (χ1n) is 30.1. The van der Waals surface area contributed by atoms with Gasteiger partial charge in [-0.25, -0.2) is 0 Å². The Balaban J connectivity index is 2.17. The van der Waals surface area contributed by atoms with E-state index in [1.54, 1.807) is 6.08 Å². The fourth-order valence-corrected chi connectivity index (χ4v) is 9.76. The third-order valence-electron chi connectivity index (χ3n) is 14.5. The van der Waals surface area contributed by atoms with Crippen molar-refractivity contribution in [2.24, 2.45) is 0 Å². The largest absolute Gasteiger partial charge is 0.394 e. The summed E-state index contributed by atoms with van der Waals surface area (Å²) in [5, 5.41) is 54.5. The lowest BCUT2D eigenvalue weighted by atomic mass is 9.99. The average molecular weight is 979 g/mol. The lowest BCUT2D eigenvalue weighted by Gasteiger charge is -2.40. The topological polar surface area (TPSA) is 149 Å². The number of nitrogens with one attached hydrogen (secondary N) is 1. The minimum absolute atomic E-state index is 0.182. The molecule has 1 rings (SSSR count). The molecule has 1 aliphatic heterocycles. The Kier molecular flexibility index (Phi) is 47.8. The van der Waals surface area contributed by atoms with Crippen molar-refractivity contribution in [1.82, 2.24) is 5.32 Å². The molecule has 0 bridgehead atoms. The van der Waals surface area contributed by atoms with E-state index in [-0.39, 0.29) is 12.5 Å². The summed E-state index contributed by atoms with van der Waals surface area (Å²) < 4.78 is 11.3. The van der Waals surface area contributed by atoms with Crippen molar-refractivity contribution < 1.29 is 39.8 Å². The van der Waals surface area contributed by atoms with Crippen LogP contribution in [0.5, 0.6) is 0 Å². The molecule has 1 aliphatic rings. The van der Waals surface area contributed by atoms with Crippen molar-refractivity contribution in [3.8, 4) is 0 Å². The normalized spacial score (nSPS) is 19.6. The summed E-state index contributed by atoms with van der Waals surface area (Å²) in [5.41, 5.74) is 0. The summed E-state index contributed by atoms with van der Waals surface area (Å²) in [7, 11) is 0. The second kappa shape index (κ2) is 50.2. The summed E-state index contributed by atoms with van der Waals surface area (Å²) >= 11 is 0. The average Bonchev–Trinajstić information content (AvgIpc) is 3.35. The Morgan fingerprint density at radius 1 is 0.478 bits per heavy atom. The zero-order valence-electron chi connectivity index (χ0n) is 45.3. The van der Waals surface area contributed by atoms with Crippen LogP contribution in [0.4, 0.5) is 0 Å². The van der Waals surface area contributed by atoms with Crippen LogP contribution in [-0.2, 0) is 14.3 Å².